The summed E-state index contributed by atoms with van der Waals surface area (Å²) in [5.74, 6) is 0.148. The Labute approximate surface area is 123 Å². The van der Waals surface area contributed by atoms with Crippen molar-refractivity contribution in [1.29, 1.82) is 0 Å². The van der Waals surface area contributed by atoms with E-state index in [0.717, 1.165) is 42.9 Å². The number of rotatable bonds is 3. The molecule has 19 heavy (non-hydrogen) atoms. The normalized spacial score (nSPS) is 20.8. The largest absolute Gasteiger partial charge is 0.343 e. The van der Waals surface area contributed by atoms with Crippen LogP contribution in [0.1, 0.15) is 31.3 Å². The summed E-state index contributed by atoms with van der Waals surface area (Å²) in [6.45, 7) is 10.9. The molecule has 1 aromatic rings. The van der Waals surface area contributed by atoms with Crippen molar-refractivity contribution in [3.05, 3.63) is 22.4 Å². The zero-order valence-electron chi connectivity index (χ0n) is 11.9. The molecule has 0 saturated carbocycles. The SMILES string of the molecule is CCN1CCN(C(=O)c2cc(Br)cn2CC)CC1C. The number of amides is 1. The number of hydrogen-bond donors (Lipinski definition) is 0. The highest BCUT2D eigenvalue weighted by Crippen LogP contribution is 2.18. The molecule has 0 radical (unpaired) electrons. The molecule has 0 aliphatic carbocycles. The van der Waals surface area contributed by atoms with Gasteiger partial charge >= 0.3 is 0 Å². The van der Waals surface area contributed by atoms with Crippen molar-refractivity contribution in [1.82, 2.24) is 14.4 Å². The number of carbonyl (C=O) groups excluding carboxylic acids is 1. The van der Waals surface area contributed by atoms with Crippen molar-refractivity contribution in [2.75, 3.05) is 26.2 Å². The molecule has 5 heteroatoms. The van der Waals surface area contributed by atoms with Crippen LogP contribution in [0.15, 0.2) is 16.7 Å². The first-order valence-electron chi connectivity index (χ1n) is 6.95. The van der Waals surface area contributed by atoms with Gasteiger partial charge in [-0.3, -0.25) is 9.69 Å². The maximum atomic E-state index is 12.6. The molecule has 0 bridgehead atoms. The van der Waals surface area contributed by atoms with Crippen LogP contribution in [0.5, 0.6) is 0 Å². The predicted molar refractivity (Wildman–Crippen MR) is 80.4 cm³/mol. The zero-order valence-corrected chi connectivity index (χ0v) is 13.5. The number of nitrogens with zero attached hydrogens (tertiary/aromatic N) is 3. The summed E-state index contributed by atoms with van der Waals surface area (Å²) in [5, 5.41) is 0. The number of piperazine rings is 1. The van der Waals surface area contributed by atoms with Crippen molar-refractivity contribution >= 4 is 21.8 Å². The van der Waals surface area contributed by atoms with Crippen LogP contribution in [0.3, 0.4) is 0 Å². The molecule has 1 aliphatic rings. The van der Waals surface area contributed by atoms with E-state index in [9.17, 15) is 4.79 Å². The highest BCUT2D eigenvalue weighted by atomic mass is 79.9. The van der Waals surface area contributed by atoms with Gasteiger partial charge in [0.25, 0.3) is 5.91 Å². The number of aromatic nitrogens is 1. The molecule has 1 fully saturated rings. The predicted octanol–water partition coefficient (Wildman–Crippen LogP) is 2.44. The maximum Gasteiger partial charge on any atom is 0.270 e. The van der Waals surface area contributed by atoms with Gasteiger partial charge in [-0.2, -0.15) is 0 Å². The third kappa shape index (κ3) is 3.03. The summed E-state index contributed by atoms with van der Waals surface area (Å²) in [6, 6.07) is 2.36. The van der Waals surface area contributed by atoms with Gasteiger partial charge in [0, 0.05) is 42.9 Å². The molecular formula is C14H22BrN3O. The van der Waals surface area contributed by atoms with Gasteiger partial charge in [-0.05, 0) is 42.4 Å². The second-order valence-corrected chi connectivity index (χ2v) is 5.97. The standard InChI is InChI=1S/C14H22BrN3O/c1-4-16-6-7-18(9-11(16)3)14(19)13-8-12(15)10-17(13)5-2/h8,10-11H,4-7,9H2,1-3H3. The van der Waals surface area contributed by atoms with E-state index in [2.05, 4.69) is 41.6 Å². The fourth-order valence-corrected chi connectivity index (χ4v) is 3.19. The van der Waals surface area contributed by atoms with Gasteiger partial charge < -0.3 is 9.47 Å². The van der Waals surface area contributed by atoms with E-state index in [1.807, 2.05) is 21.7 Å². The lowest BCUT2D eigenvalue weighted by molar-refractivity contribution is 0.0518. The lowest BCUT2D eigenvalue weighted by Gasteiger charge is -2.39. The van der Waals surface area contributed by atoms with Crippen LogP contribution in [0, 0.1) is 0 Å². The van der Waals surface area contributed by atoms with E-state index < -0.39 is 0 Å². The lowest BCUT2D eigenvalue weighted by Crippen LogP contribution is -2.53. The van der Waals surface area contributed by atoms with E-state index in [4.69, 9.17) is 0 Å². The minimum atomic E-state index is 0.148. The van der Waals surface area contributed by atoms with Crippen LogP contribution >= 0.6 is 15.9 Å². The maximum absolute atomic E-state index is 12.6. The lowest BCUT2D eigenvalue weighted by atomic mass is 10.2. The van der Waals surface area contributed by atoms with Crippen LogP contribution < -0.4 is 0 Å². The number of hydrogen-bond acceptors (Lipinski definition) is 2. The molecule has 0 aromatic carbocycles. The second kappa shape index (κ2) is 6.09. The van der Waals surface area contributed by atoms with E-state index in [1.165, 1.54) is 0 Å². The molecule has 1 aromatic heterocycles. The van der Waals surface area contributed by atoms with Crippen LogP contribution in [0.25, 0.3) is 0 Å². The molecule has 0 N–H and O–H groups in total. The van der Waals surface area contributed by atoms with Crippen LogP contribution in [0.4, 0.5) is 0 Å². The smallest absolute Gasteiger partial charge is 0.270 e. The Hall–Kier alpha value is -0.810. The Kier molecular flexibility index (Phi) is 4.68. The molecule has 1 aliphatic heterocycles. The summed E-state index contributed by atoms with van der Waals surface area (Å²) in [6.07, 6.45) is 1.97. The third-order valence-electron chi connectivity index (χ3n) is 3.88. The molecule has 4 nitrogen and oxygen atoms in total. The Bertz CT molecular complexity index is 458. The molecule has 1 amide bonds. The van der Waals surface area contributed by atoms with Crippen molar-refractivity contribution < 1.29 is 4.79 Å². The van der Waals surface area contributed by atoms with Gasteiger partial charge in [0.15, 0.2) is 0 Å². The van der Waals surface area contributed by atoms with Crippen LogP contribution in [-0.4, -0.2) is 52.5 Å². The van der Waals surface area contributed by atoms with Crippen molar-refractivity contribution in [2.24, 2.45) is 0 Å². The van der Waals surface area contributed by atoms with Crippen molar-refractivity contribution in [3.8, 4) is 0 Å². The monoisotopic (exact) mass is 327 g/mol. The van der Waals surface area contributed by atoms with Gasteiger partial charge in [0.2, 0.25) is 0 Å². The molecule has 2 heterocycles. The Morgan fingerprint density at radius 3 is 2.68 bits per heavy atom. The minimum Gasteiger partial charge on any atom is -0.343 e. The summed E-state index contributed by atoms with van der Waals surface area (Å²) < 4.78 is 2.97. The first-order chi connectivity index (χ1) is 9.06. The van der Waals surface area contributed by atoms with Crippen LogP contribution in [0.2, 0.25) is 0 Å². The quantitative estimate of drug-likeness (QED) is 0.853. The van der Waals surface area contributed by atoms with Crippen LogP contribution in [-0.2, 0) is 6.54 Å². The molecule has 1 atom stereocenters. The molecule has 106 valence electrons. The second-order valence-electron chi connectivity index (χ2n) is 5.06. The van der Waals surface area contributed by atoms with Gasteiger partial charge in [-0.1, -0.05) is 6.92 Å². The average Bonchev–Trinajstić information content (AvgIpc) is 2.79. The Morgan fingerprint density at radius 2 is 2.11 bits per heavy atom. The number of halogens is 1. The molecule has 0 spiro atoms. The van der Waals surface area contributed by atoms with E-state index in [-0.39, 0.29) is 5.91 Å². The Balaban J connectivity index is 2.12. The van der Waals surface area contributed by atoms with E-state index >= 15 is 0 Å². The molecule has 1 unspecified atom stereocenters. The van der Waals surface area contributed by atoms with Gasteiger partial charge in [-0.25, -0.2) is 0 Å². The fraction of sp³-hybridized carbons (Fsp3) is 0.643. The van der Waals surface area contributed by atoms with Gasteiger partial charge in [0.05, 0.1) is 0 Å². The fourth-order valence-electron chi connectivity index (χ4n) is 2.73. The van der Waals surface area contributed by atoms with E-state index in [1.54, 1.807) is 0 Å². The van der Waals surface area contributed by atoms with Crippen molar-refractivity contribution in [3.63, 3.8) is 0 Å². The van der Waals surface area contributed by atoms with Gasteiger partial charge in [0.1, 0.15) is 5.69 Å². The minimum absolute atomic E-state index is 0.148. The van der Waals surface area contributed by atoms with Crippen molar-refractivity contribution in [2.45, 2.75) is 33.4 Å². The zero-order chi connectivity index (χ0) is 14.0. The number of aryl methyl sites for hydroxylation is 1. The number of carbonyl (C=O) groups is 1. The summed E-state index contributed by atoms with van der Waals surface area (Å²) in [5.41, 5.74) is 0.784. The summed E-state index contributed by atoms with van der Waals surface area (Å²) >= 11 is 3.45. The molecule has 2 rings (SSSR count). The number of likely N-dealkylation sites (N-methyl/N-ethyl adjacent to an activating group) is 1. The third-order valence-corrected chi connectivity index (χ3v) is 4.32. The summed E-state index contributed by atoms with van der Waals surface area (Å²) in [4.78, 5) is 17.0. The van der Waals surface area contributed by atoms with E-state index in [0.29, 0.717) is 6.04 Å². The summed E-state index contributed by atoms with van der Waals surface area (Å²) in [7, 11) is 0. The topological polar surface area (TPSA) is 28.5 Å². The van der Waals surface area contributed by atoms with Gasteiger partial charge in [-0.15, -0.1) is 0 Å². The molecule has 1 saturated heterocycles. The average molecular weight is 328 g/mol. The first-order valence-corrected chi connectivity index (χ1v) is 7.75. The first kappa shape index (κ1) is 14.6. The Morgan fingerprint density at radius 1 is 1.37 bits per heavy atom. The molecular weight excluding hydrogens is 306 g/mol. The highest BCUT2D eigenvalue weighted by Gasteiger charge is 2.27. The highest BCUT2D eigenvalue weighted by molar-refractivity contribution is 9.10.